The largest absolute Gasteiger partial charge is 0.467 e. The lowest BCUT2D eigenvalue weighted by Crippen LogP contribution is -2.34. The fraction of sp³-hybridized carbons (Fsp3) is 0.167. The number of aryl methyl sites for hydroxylation is 1. The van der Waals surface area contributed by atoms with Crippen LogP contribution < -0.4 is 5.32 Å². The molecule has 2 amide bonds. The van der Waals surface area contributed by atoms with Gasteiger partial charge in [0.1, 0.15) is 11.6 Å². The van der Waals surface area contributed by atoms with Crippen LogP contribution in [0.3, 0.4) is 0 Å². The highest BCUT2D eigenvalue weighted by Crippen LogP contribution is 2.13. The van der Waals surface area contributed by atoms with Gasteiger partial charge in [0.2, 0.25) is 0 Å². The van der Waals surface area contributed by atoms with E-state index < -0.39 is 0 Å². The topological polar surface area (TPSA) is 71.3 Å². The number of rotatable bonds is 5. The third kappa shape index (κ3) is 4.19. The van der Waals surface area contributed by atoms with E-state index >= 15 is 0 Å². The molecule has 0 bridgehead atoms. The normalized spacial score (nSPS) is 10.4. The van der Waals surface area contributed by atoms with Crippen molar-refractivity contribution >= 4 is 11.8 Å². The van der Waals surface area contributed by atoms with Gasteiger partial charge in [-0.1, -0.05) is 12.1 Å². The Morgan fingerprint density at radius 3 is 2.79 bits per heavy atom. The molecule has 0 aromatic carbocycles. The van der Waals surface area contributed by atoms with Crippen LogP contribution in [0.1, 0.15) is 17.0 Å². The zero-order valence-corrected chi connectivity index (χ0v) is 13.3. The summed E-state index contributed by atoms with van der Waals surface area (Å²) in [5.41, 5.74) is 1.79. The van der Waals surface area contributed by atoms with Gasteiger partial charge in [-0.3, -0.25) is 10.3 Å². The minimum absolute atomic E-state index is 0.242. The molecule has 6 heteroatoms. The summed E-state index contributed by atoms with van der Waals surface area (Å²) in [4.78, 5) is 22.7. The van der Waals surface area contributed by atoms with Crippen LogP contribution in [0.4, 0.5) is 10.6 Å². The number of anilines is 1. The van der Waals surface area contributed by atoms with Crippen molar-refractivity contribution in [1.29, 1.82) is 0 Å². The van der Waals surface area contributed by atoms with E-state index in [4.69, 9.17) is 4.42 Å². The van der Waals surface area contributed by atoms with E-state index in [-0.39, 0.29) is 6.03 Å². The Morgan fingerprint density at radius 1 is 1.17 bits per heavy atom. The van der Waals surface area contributed by atoms with E-state index in [1.54, 1.807) is 35.7 Å². The molecule has 3 aromatic rings. The van der Waals surface area contributed by atoms with Gasteiger partial charge in [-0.05, 0) is 42.8 Å². The van der Waals surface area contributed by atoms with E-state index in [1.165, 1.54) is 0 Å². The molecule has 1 N–H and O–H groups in total. The first-order chi connectivity index (χ1) is 11.7. The summed E-state index contributed by atoms with van der Waals surface area (Å²) in [6.45, 7) is 2.66. The molecule has 0 aliphatic heterocycles. The van der Waals surface area contributed by atoms with Crippen molar-refractivity contribution in [3.63, 3.8) is 0 Å². The van der Waals surface area contributed by atoms with Gasteiger partial charge >= 0.3 is 6.03 Å². The van der Waals surface area contributed by atoms with Crippen molar-refractivity contribution in [1.82, 2.24) is 14.9 Å². The van der Waals surface area contributed by atoms with Crippen LogP contribution >= 0.6 is 0 Å². The number of pyridine rings is 2. The van der Waals surface area contributed by atoms with Crippen LogP contribution in [0.2, 0.25) is 0 Å². The fourth-order valence-electron chi connectivity index (χ4n) is 2.30. The predicted molar refractivity (Wildman–Crippen MR) is 90.2 cm³/mol. The van der Waals surface area contributed by atoms with E-state index in [2.05, 4.69) is 15.3 Å². The average Bonchev–Trinajstić information content (AvgIpc) is 3.08. The molecule has 0 saturated heterocycles. The maximum absolute atomic E-state index is 12.7. The fourth-order valence-corrected chi connectivity index (χ4v) is 2.30. The van der Waals surface area contributed by atoms with E-state index in [0.29, 0.717) is 24.7 Å². The summed E-state index contributed by atoms with van der Waals surface area (Å²) < 4.78 is 5.37. The lowest BCUT2D eigenvalue weighted by atomic mass is 10.2. The number of aromatic nitrogens is 2. The number of carbonyl (C=O) groups excluding carboxylic acids is 1. The molecule has 0 aliphatic carbocycles. The number of nitrogens with one attached hydrogen (secondary N) is 1. The maximum Gasteiger partial charge on any atom is 0.323 e. The Kier molecular flexibility index (Phi) is 4.86. The standard InChI is InChI=1S/C18H18N4O2/c1-14-5-2-8-17(20-14)21-18(23)22(13-16-7-4-10-24-16)12-15-6-3-9-19-11-15/h2-11H,12-13H2,1H3,(H,20,21,23). The summed E-state index contributed by atoms with van der Waals surface area (Å²) in [5, 5.41) is 2.83. The van der Waals surface area contributed by atoms with Gasteiger partial charge in [0.25, 0.3) is 0 Å². The molecule has 0 radical (unpaired) electrons. The average molecular weight is 322 g/mol. The van der Waals surface area contributed by atoms with Crippen LogP contribution in [-0.4, -0.2) is 20.9 Å². The number of hydrogen-bond acceptors (Lipinski definition) is 4. The quantitative estimate of drug-likeness (QED) is 0.779. The lowest BCUT2D eigenvalue weighted by Gasteiger charge is -2.22. The molecule has 0 unspecified atom stereocenters. The zero-order valence-electron chi connectivity index (χ0n) is 13.3. The molecule has 0 fully saturated rings. The smallest absolute Gasteiger partial charge is 0.323 e. The second-order valence-electron chi connectivity index (χ2n) is 5.39. The first kappa shape index (κ1) is 15.7. The van der Waals surface area contributed by atoms with Crippen LogP contribution in [0.15, 0.2) is 65.5 Å². The molecule has 0 aliphatic rings. The first-order valence-corrected chi connectivity index (χ1v) is 7.61. The summed E-state index contributed by atoms with van der Waals surface area (Å²) in [6, 6.07) is 12.7. The summed E-state index contributed by atoms with van der Waals surface area (Å²) in [7, 11) is 0. The number of furan rings is 1. The molecule has 0 spiro atoms. The van der Waals surface area contributed by atoms with Crippen molar-refractivity contribution in [2.45, 2.75) is 20.0 Å². The third-order valence-corrected chi connectivity index (χ3v) is 3.43. The second-order valence-corrected chi connectivity index (χ2v) is 5.39. The Labute approximate surface area is 140 Å². The van der Waals surface area contributed by atoms with E-state index in [9.17, 15) is 4.79 Å². The summed E-state index contributed by atoms with van der Waals surface area (Å²) in [6.07, 6.45) is 5.04. The van der Waals surface area contributed by atoms with E-state index in [0.717, 1.165) is 11.3 Å². The molecule has 122 valence electrons. The van der Waals surface area contributed by atoms with Crippen molar-refractivity contribution in [2.24, 2.45) is 0 Å². The highest BCUT2D eigenvalue weighted by Gasteiger charge is 2.16. The van der Waals surface area contributed by atoms with Gasteiger partial charge < -0.3 is 9.32 Å². The van der Waals surface area contributed by atoms with Gasteiger partial charge in [0, 0.05) is 24.6 Å². The minimum atomic E-state index is -0.242. The number of nitrogens with zero attached hydrogens (tertiary/aromatic N) is 3. The SMILES string of the molecule is Cc1cccc(NC(=O)N(Cc2cccnc2)Cc2ccco2)n1. The number of carbonyl (C=O) groups is 1. The van der Waals surface area contributed by atoms with Crippen molar-refractivity contribution in [3.8, 4) is 0 Å². The van der Waals surface area contributed by atoms with Gasteiger partial charge in [0.15, 0.2) is 0 Å². The van der Waals surface area contributed by atoms with Gasteiger partial charge in [-0.2, -0.15) is 0 Å². The van der Waals surface area contributed by atoms with Crippen LogP contribution in [0.25, 0.3) is 0 Å². The van der Waals surface area contributed by atoms with Crippen molar-refractivity contribution < 1.29 is 9.21 Å². The Balaban J connectivity index is 1.76. The zero-order chi connectivity index (χ0) is 16.8. The molecule has 3 rings (SSSR count). The maximum atomic E-state index is 12.7. The van der Waals surface area contributed by atoms with Gasteiger partial charge in [-0.15, -0.1) is 0 Å². The van der Waals surface area contributed by atoms with Crippen molar-refractivity contribution in [3.05, 3.63) is 78.1 Å². The predicted octanol–water partition coefficient (Wildman–Crippen LogP) is 3.61. The van der Waals surface area contributed by atoms with Crippen LogP contribution in [0, 0.1) is 6.92 Å². The van der Waals surface area contributed by atoms with Gasteiger partial charge in [0.05, 0.1) is 12.8 Å². The molecular formula is C18H18N4O2. The number of hydrogen-bond donors (Lipinski definition) is 1. The molecule has 0 saturated carbocycles. The minimum Gasteiger partial charge on any atom is -0.467 e. The highest BCUT2D eigenvalue weighted by molar-refractivity contribution is 5.88. The van der Waals surface area contributed by atoms with Crippen LogP contribution in [-0.2, 0) is 13.1 Å². The first-order valence-electron chi connectivity index (χ1n) is 7.61. The molecule has 3 heterocycles. The Hall–Kier alpha value is -3.15. The Bertz CT molecular complexity index is 788. The van der Waals surface area contributed by atoms with Crippen molar-refractivity contribution in [2.75, 3.05) is 5.32 Å². The lowest BCUT2D eigenvalue weighted by molar-refractivity contribution is 0.201. The third-order valence-electron chi connectivity index (χ3n) is 3.43. The summed E-state index contributed by atoms with van der Waals surface area (Å²) in [5.74, 6) is 1.24. The molecule has 24 heavy (non-hydrogen) atoms. The van der Waals surface area contributed by atoms with E-state index in [1.807, 2.05) is 37.3 Å². The molecular weight excluding hydrogens is 304 g/mol. The molecule has 0 atom stereocenters. The monoisotopic (exact) mass is 322 g/mol. The molecule has 6 nitrogen and oxygen atoms in total. The number of urea groups is 1. The number of amides is 2. The Morgan fingerprint density at radius 2 is 2.08 bits per heavy atom. The highest BCUT2D eigenvalue weighted by atomic mass is 16.3. The van der Waals surface area contributed by atoms with Gasteiger partial charge in [-0.25, -0.2) is 9.78 Å². The summed E-state index contributed by atoms with van der Waals surface area (Å²) >= 11 is 0. The second kappa shape index (κ2) is 7.41. The van der Waals surface area contributed by atoms with Crippen LogP contribution in [0.5, 0.6) is 0 Å². The molecule has 3 aromatic heterocycles.